The Labute approximate surface area is 173 Å². The summed E-state index contributed by atoms with van der Waals surface area (Å²) in [6.07, 6.45) is 8.19. The Morgan fingerprint density at radius 1 is 1.21 bits per heavy atom. The molecule has 1 unspecified atom stereocenters. The Balaban J connectivity index is 1.99. The molecule has 0 bridgehead atoms. The van der Waals surface area contributed by atoms with Crippen molar-refractivity contribution in [1.29, 1.82) is 0 Å². The van der Waals surface area contributed by atoms with E-state index in [1.807, 2.05) is 45.5 Å². The number of aromatic nitrogens is 2. The predicted molar refractivity (Wildman–Crippen MR) is 116 cm³/mol. The molecule has 1 atom stereocenters. The number of unbranched alkanes of at least 4 members (excludes halogenated alkanes) is 1. The molecule has 3 amide bonds. The minimum absolute atomic E-state index is 0.202. The average Bonchev–Trinajstić information content (AvgIpc) is 3.03. The smallest absolute Gasteiger partial charge is 0.338 e. The van der Waals surface area contributed by atoms with E-state index in [-0.39, 0.29) is 11.9 Å². The van der Waals surface area contributed by atoms with Crippen LogP contribution in [0.3, 0.4) is 0 Å². The fourth-order valence-electron chi connectivity index (χ4n) is 3.28. The minimum atomic E-state index is -0.227. The summed E-state index contributed by atoms with van der Waals surface area (Å²) >= 11 is 0. The Morgan fingerprint density at radius 3 is 2.59 bits per heavy atom. The van der Waals surface area contributed by atoms with Crippen molar-refractivity contribution in [3.63, 3.8) is 0 Å². The van der Waals surface area contributed by atoms with Gasteiger partial charge in [-0.15, -0.1) is 0 Å². The second-order valence-corrected chi connectivity index (χ2v) is 7.58. The molecule has 3 N–H and O–H groups in total. The molecule has 0 aliphatic carbocycles. The first-order chi connectivity index (χ1) is 13.8. The summed E-state index contributed by atoms with van der Waals surface area (Å²) in [5, 5.41) is 8.76. The summed E-state index contributed by atoms with van der Waals surface area (Å²) in [4.78, 5) is 24.9. The van der Waals surface area contributed by atoms with E-state index < -0.39 is 0 Å². The van der Waals surface area contributed by atoms with E-state index in [1.165, 1.54) is 12.8 Å². The number of hydrogen-bond donors (Lipinski definition) is 3. The van der Waals surface area contributed by atoms with Crippen molar-refractivity contribution in [2.75, 3.05) is 17.2 Å². The van der Waals surface area contributed by atoms with Gasteiger partial charge in [0, 0.05) is 17.9 Å². The molecule has 7 heteroatoms. The van der Waals surface area contributed by atoms with Gasteiger partial charge in [0.15, 0.2) is 0 Å². The number of amides is 3. The van der Waals surface area contributed by atoms with Crippen LogP contribution in [0.1, 0.15) is 55.7 Å². The van der Waals surface area contributed by atoms with Crippen molar-refractivity contribution >= 4 is 23.3 Å². The lowest BCUT2D eigenvalue weighted by molar-refractivity contribution is -0.672. The van der Waals surface area contributed by atoms with Crippen LogP contribution in [0, 0.1) is 12.8 Å². The van der Waals surface area contributed by atoms with Crippen LogP contribution < -0.4 is 20.5 Å². The van der Waals surface area contributed by atoms with E-state index in [2.05, 4.69) is 29.8 Å². The molecule has 0 saturated carbocycles. The second kappa shape index (κ2) is 10.6. The highest BCUT2D eigenvalue weighted by atomic mass is 16.2. The van der Waals surface area contributed by atoms with Gasteiger partial charge in [0.2, 0.25) is 0 Å². The zero-order chi connectivity index (χ0) is 21.4. The summed E-state index contributed by atoms with van der Waals surface area (Å²) in [6.45, 7) is 6.92. The van der Waals surface area contributed by atoms with Crippen LogP contribution in [0.4, 0.5) is 16.2 Å². The Kier molecular flexibility index (Phi) is 8.24. The first-order valence-corrected chi connectivity index (χ1v) is 10.3. The Hall–Kier alpha value is -2.83. The molecule has 2 rings (SSSR count). The standard InChI is InChI=1S/C22H33N5O2/c1-6-8-9-17(7-2)15-23-22(29)24-18-11-10-16(3)19(14-18)25-20(28)21-26(4)12-13-27(21)5/h10-14,17H,6-9,15H2,1-5H3,(H2-,23,24,25,28,29)/p+1. The van der Waals surface area contributed by atoms with Crippen LogP contribution in [0.15, 0.2) is 30.6 Å². The van der Waals surface area contributed by atoms with Gasteiger partial charge in [-0.1, -0.05) is 39.2 Å². The number of carbonyl (C=O) groups is 2. The highest BCUT2D eigenvalue weighted by molar-refractivity contribution is 6.02. The maximum atomic E-state index is 12.6. The second-order valence-electron chi connectivity index (χ2n) is 7.58. The molecule has 7 nitrogen and oxygen atoms in total. The number of anilines is 2. The van der Waals surface area contributed by atoms with E-state index in [0.29, 0.717) is 29.7 Å². The number of aryl methyl sites for hydroxylation is 3. The number of imidazole rings is 1. The lowest BCUT2D eigenvalue weighted by Crippen LogP contribution is -2.37. The van der Waals surface area contributed by atoms with E-state index in [0.717, 1.165) is 18.4 Å². The largest absolute Gasteiger partial charge is 0.347 e. The molecule has 1 heterocycles. The fourth-order valence-corrected chi connectivity index (χ4v) is 3.28. The molecule has 29 heavy (non-hydrogen) atoms. The molecule has 0 spiro atoms. The number of benzene rings is 1. The average molecular weight is 401 g/mol. The molecule has 1 aromatic carbocycles. The highest BCUT2D eigenvalue weighted by Crippen LogP contribution is 2.21. The third kappa shape index (κ3) is 6.34. The molecular formula is C22H34N5O2+. The van der Waals surface area contributed by atoms with Crippen molar-refractivity contribution < 1.29 is 14.2 Å². The minimum Gasteiger partial charge on any atom is -0.338 e. The third-order valence-corrected chi connectivity index (χ3v) is 5.22. The van der Waals surface area contributed by atoms with Crippen LogP contribution in [0.25, 0.3) is 0 Å². The lowest BCUT2D eigenvalue weighted by Gasteiger charge is -2.16. The zero-order valence-corrected chi connectivity index (χ0v) is 18.2. The van der Waals surface area contributed by atoms with Gasteiger partial charge in [-0.3, -0.25) is 4.79 Å². The SMILES string of the molecule is CCCCC(CC)CNC(=O)Nc1ccc(C)c(NC(=O)c2n(C)cc[n+]2C)c1. The number of urea groups is 1. The monoisotopic (exact) mass is 400 g/mol. The number of hydrogen-bond acceptors (Lipinski definition) is 2. The maximum Gasteiger partial charge on any atom is 0.347 e. The summed E-state index contributed by atoms with van der Waals surface area (Å²) < 4.78 is 3.53. The number of carbonyl (C=O) groups excluding carboxylic acids is 2. The van der Waals surface area contributed by atoms with Crippen LogP contribution >= 0.6 is 0 Å². The van der Waals surface area contributed by atoms with Crippen molar-refractivity contribution in [3.8, 4) is 0 Å². The van der Waals surface area contributed by atoms with Crippen molar-refractivity contribution in [1.82, 2.24) is 9.88 Å². The van der Waals surface area contributed by atoms with E-state index in [4.69, 9.17) is 0 Å². The van der Waals surface area contributed by atoms with Gasteiger partial charge in [-0.05, 0) is 37.0 Å². The third-order valence-electron chi connectivity index (χ3n) is 5.22. The molecule has 1 aromatic heterocycles. The normalized spacial score (nSPS) is 11.8. The molecule has 0 aliphatic rings. The fraction of sp³-hybridized carbons (Fsp3) is 0.500. The first-order valence-electron chi connectivity index (χ1n) is 10.3. The number of nitrogens with zero attached hydrogens (tertiary/aromatic N) is 2. The van der Waals surface area contributed by atoms with Gasteiger partial charge in [-0.25, -0.2) is 13.9 Å². The van der Waals surface area contributed by atoms with E-state index in [9.17, 15) is 9.59 Å². The zero-order valence-electron chi connectivity index (χ0n) is 18.2. The quantitative estimate of drug-likeness (QED) is 0.561. The Morgan fingerprint density at radius 2 is 1.97 bits per heavy atom. The van der Waals surface area contributed by atoms with Crippen molar-refractivity contribution in [2.24, 2.45) is 20.0 Å². The van der Waals surface area contributed by atoms with Gasteiger partial charge < -0.3 is 16.0 Å². The van der Waals surface area contributed by atoms with Crippen LogP contribution in [0.2, 0.25) is 0 Å². The van der Waals surface area contributed by atoms with E-state index >= 15 is 0 Å². The molecule has 0 fully saturated rings. The van der Waals surface area contributed by atoms with Crippen molar-refractivity contribution in [2.45, 2.75) is 46.5 Å². The summed E-state index contributed by atoms with van der Waals surface area (Å²) in [6, 6.07) is 5.27. The van der Waals surface area contributed by atoms with Gasteiger partial charge in [0.25, 0.3) is 0 Å². The topological polar surface area (TPSA) is 79.0 Å². The summed E-state index contributed by atoms with van der Waals surface area (Å²) in [7, 11) is 3.66. The van der Waals surface area contributed by atoms with Crippen LogP contribution in [-0.4, -0.2) is 23.1 Å². The molecule has 158 valence electrons. The van der Waals surface area contributed by atoms with Gasteiger partial charge in [-0.2, -0.15) is 0 Å². The maximum absolute atomic E-state index is 12.6. The molecular weight excluding hydrogens is 366 g/mol. The van der Waals surface area contributed by atoms with Gasteiger partial charge in [0.05, 0.1) is 14.1 Å². The van der Waals surface area contributed by atoms with Gasteiger partial charge >= 0.3 is 17.8 Å². The summed E-state index contributed by atoms with van der Waals surface area (Å²) in [5.74, 6) is 0.837. The Bertz CT molecular complexity index is 824. The molecule has 0 aliphatic heterocycles. The number of rotatable bonds is 9. The van der Waals surface area contributed by atoms with E-state index in [1.54, 1.807) is 15.2 Å². The molecule has 0 radical (unpaired) electrons. The predicted octanol–water partition coefficient (Wildman–Crippen LogP) is 3.75. The summed E-state index contributed by atoms with van der Waals surface area (Å²) in [5.41, 5.74) is 2.23. The van der Waals surface area contributed by atoms with Crippen molar-refractivity contribution in [3.05, 3.63) is 42.0 Å². The molecule has 0 saturated heterocycles. The first kappa shape index (κ1) is 22.5. The van der Waals surface area contributed by atoms with Crippen LogP contribution in [-0.2, 0) is 14.1 Å². The number of nitrogens with one attached hydrogen (secondary N) is 3. The molecule has 2 aromatic rings. The lowest BCUT2D eigenvalue weighted by atomic mass is 9.99. The highest BCUT2D eigenvalue weighted by Gasteiger charge is 2.22. The van der Waals surface area contributed by atoms with Crippen LogP contribution in [0.5, 0.6) is 0 Å². The van der Waals surface area contributed by atoms with Gasteiger partial charge in [0.1, 0.15) is 12.4 Å².